The van der Waals surface area contributed by atoms with Gasteiger partial charge in [-0.15, -0.1) is 0 Å². The lowest BCUT2D eigenvalue weighted by atomic mass is 9.97. The van der Waals surface area contributed by atoms with Crippen LogP contribution >= 0.6 is 0 Å². The standard InChI is InChI=1S/C22H21F3N6O2/c1-9(10-3-4-10)31-8-12-5-11(6-13(22(23,24)25)15(12)21(31)33)14-7-28-19-17(29-14)16(18(26)30-19)20(32)27-2/h5-7,9-10H,3-4,8,26H2,1-2H3,(H,27,32)(H,28,30)/t9-/m0/s1. The Kier molecular flexibility index (Phi) is 4.62. The van der Waals surface area contributed by atoms with Gasteiger partial charge in [0.15, 0.2) is 5.65 Å². The number of nitrogens with two attached hydrogens (primary N) is 1. The third-order valence-electron chi connectivity index (χ3n) is 6.42. The van der Waals surface area contributed by atoms with E-state index in [4.69, 9.17) is 5.73 Å². The zero-order valence-corrected chi connectivity index (χ0v) is 17.9. The fourth-order valence-electron chi connectivity index (χ4n) is 4.48. The maximum atomic E-state index is 14.0. The van der Waals surface area contributed by atoms with Gasteiger partial charge in [0, 0.05) is 25.2 Å². The maximum Gasteiger partial charge on any atom is 0.417 e. The summed E-state index contributed by atoms with van der Waals surface area (Å²) in [5, 5.41) is 2.46. The quantitative estimate of drug-likeness (QED) is 0.554. The minimum absolute atomic E-state index is 0.0572. The Morgan fingerprint density at radius 1 is 1.33 bits per heavy atom. The van der Waals surface area contributed by atoms with Gasteiger partial charge >= 0.3 is 6.18 Å². The Hall–Kier alpha value is -3.63. The number of nitrogens with zero attached hydrogens (tertiary/aromatic N) is 3. The molecular formula is C22H21F3N6O2. The Morgan fingerprint density at radius 2 is 2.06 bits per heavy atom. The molecule has 5 rings (SSSR count). The molecule has 2 amide bonds. The van der Waals surface area contributed by atoms with Crippen LogP contribution in [0.4, 0.5) is 19.0 Å². The number of nitrogen functional groups attached to an aromatic ring is 1. The van der Waals surface area contributed by atoms with E-state index in [1.807, 2.05) is 6.92 Å². The number of hydrogen-bond acceptors (Lipinski definition) is 5. The molecule has 0 bridgehead atoms. The number of aromatic amines is 1. The molecule has 1 fully saturated rings. The van der Waals surface area contributed by atoms with Crippen molar-refractivity contribution in [1.29, 1.82) is 0 Å². The van der Waals surface area contributed by atoms with Gasteiger partial charge in [-0.25, -0.2) is 9.97 Å². The highest BCUT2D eigenvalue weighted by Gasteiger charge is 2.44. The number of H-pyrrole nitrogens is 1. The van der Waals surface area contributed by atoms with Crippen molar-refractivity contribution in [2.75, 3.05) is 12.8 Å². The topological polar surface area (TPSA) is 117 Å². The van der Waals surface area contributed by atoms with Gasteiger partial charge in [-0.1, -0.05) is 0 Å². The summed E-state index contributed by atoms with van der Waals surface area (Å²) in [6, 6.07) is 2.35. The number of nitrogens with one attached hydrogen (secondary N) is 2. The summed E-state index contributed by atoms with van der Waals surface area (Å²) in [7, 11) is 1.43. The van der Waals surface area contributed by atoms with Gasteiger partial charge in [-0.05, 0) is 43.4 Å². The van der Waals surface area contributed by atoms with Crippen LogP contribution in [-0.4, -0.2) is 44.8 Å². The molecule has 0 saturated heterocycles. The number of anilines is 1. The van der Waals surface area contributed by atoms with Crippen molar-refractivity contribution in [2.24, 2.45) is 5.92 Å². The van der Waals surface area contributed by atoms with Crippen molar-refractivity contribution < 1.29 is 22.8 Å². The smallest absolute Gasteiger partial charge is 0.384 e. The first-order chi connectivity index (χ1) is 15.6. The fraction of sp³-hybridized carbons (Fsp3) is 0.364. The molecule has 1 aromatic carbocycles. The second-order valence-electron chi connectivity index (χ2n) is 8.51. The molecule has 2 aliphatic rings. The first-order valence-corrected chi connectivity index (χ1v) is 10.5. The van der Waals surface area contributed by atoms with Crippen LogP contribution in [0.15, 0.2) is 18.3 Å². The highest BCUT2D eigenvalue weighted by Crippen LogP contribution is 2.43. The van der Waals surface area contributed by atoms with Gasteiger partial charge in [-0.3, -0.25) is 9.59 Å². The van der Waals surface area contributed by atoms with Crippen LogP contribution in [0.1, 0.15) is 51.6 Å². The SMILES string of the molecule is CNC(=O)c1c(N)[nH]c2ncc(-c3cc4c(c(C(F)(F)F)c3)C(=O)N([C@@H](C)C3CC3)C4)nc12. The number of benzene rings is 1. The van der Waals surface area contributed by atoms with Crippen molar-refractivity contribution in [3.8, 4) is 11.3 Å². The molecule has 0 radical (unpaired) electrons. The van der Waals surface area contributed by atoms with Crippen LogP contribution in [-0.2, 0) is 12.7 Å². The number of alkyl halides is 3. The first-order valence-electron chi connectivity index (χ1n) is 10.5. The number of amides is 2. The molecule has 1 atom stereocenters. The number of rotatable bonds is 4. The molecule has 1 aliphatic heterocycles. The van der Waals surface area contributed by atoms with Crippen LogP contribution in [0.5, 0.6) is 0 Å². The van der Waals surface area contributed by atoms with Crippen LogP contribution < -0.4 is 11.1 Å². The summed E-state index contributed by atoms with van der Waals surface area (Å²) in [5.41, 5.74) is 5.65. The van der Waals surface area contributed by atoms with Crippen molar-refractivity contribution in [2.45, 2.75) is 38.5 Å². The largest absolute Gasteiger partial charge is 0.417 e. The van der Waals surface area contributed by atoms with Gasteiger partial charge in [0.1, 0.15) is 16.9 Å². The Balaban J connectivity index is 1.65. The number of halogens is 3. The van der Waals surface area contributed by atoms with Gasteiger partial charge in [0.2, 0.25) is 0 Å². The van der Waals surface area contributed by atoms with Crippen molar-refractivity contribution in [3.63, 3.8) is 0 Å². The summed E-state index contributed by atoms with van der Waals surface area (Å²) in [4.78, 5) is 38.0. The highest BCUT2D eigenvalue weighted by atomic mass is 19.4. The predicted molar refractivity (Wildman–Crippen MR) is 114 cm³/mol. The lowest BCUT2D eigenvalue weighted by Crippen LogP contribution is -2.35. The third-order valence-corrected chi connectivity index (χ3v) is 6.42. The molecule has 1 saturated carbocycles. The van der Waals surface area contributed by atoms with E-state index in [0.29, 0.717) is 11.5 Å². The average Bonchev–Trinajstić information content (AvgIpc) is 3.49. The first kappa shape index (κ1) is 21.2. The monoisotopic (exact) mass is 458 g/mol. The summed E-state index contributed by atoms with van der Waals surface area (Å²) in [5.74, 6) is -0.704. The molecule has 1 aliphatic carbocycles. The lowest BCUT2D eigenvalue weighted by molar-refractivity contribution is -0.137. The minimum atomic E-state index is -4.72. The van der Waals surface area contributed by atoms with Gasteiger partial charge in [0.05, 0.1) is 23.0 Å². The van der Waals surface area contributed by atoms with Crippen LogP contribution in [0.25, 0.3) is 22.4 Å². The number of fused-ring (bicyclic) bond motifs is 2. The minimum Gasteiger partial charge on any atom is -0.384 e. The van der Waals surface area contributed by atoms with Crippen LogP contribution in [0.2, 0.25) is 0 Å². The zero-order chi connectivity index (χ0) is 23.7. The van der Waals surface area contributed by atoms with E-state index in [9.17, 15) is 22.8 Å². The summed E-state index contributed by atoms with van der Waals surface area (Å²) >= 11 is 0. The summed E-state index contributed by atoms with van der Waals surface area (Å²) in [6.07, 6.45) is -1.46. The summed E-state index contributed by atoms with van der Waals surface area (Å²) in [6.45, 7) is 1.99. The summed E-state index contributed by atoms with van der Waals surface area (Å²) < 4.78 is 42.0. The Morgan fingerprint density at radius 3 is 2.70 bits per heavy atom. The van der Waals surface area contributed by atoms with E-state index in [1.165, 1.54) is 18.1 Å². The van der Waals surface area contributed by atoms with Gasteiger partial charge in [0.25, 0.3) is 11.8 Å². The molecule has 3 heterocycles. The van der Waals surface area contributed by atoms with Crippen molar-refractivity contribution in [1.82, 2.24) is 25.2 Å². The number of aromatic nitrogens is 3. The highest BCUT2D eigenvalue weighted by molar-refractivity contribution is 6.09. The second kappa shape index (κ2) is 7.19. The lowest BCUT2D eigenvalue weighted by Gasteiger charge is -2.24. The normalized spacial score (nSPS) is 16.9. The fourth-order valence-corrected chi connectivity index (χ4v) is 4.48. The van der Waals surface area contributed by atoms with Gasteiger partial charge in [-0.2, -0.15) is 13.2 Å². The predicted octanol–water partition coefficient (Wildman–Crippen LogP) is 3.34. The maximum absolute atomic E-state index is 14.0. The number of carbonyl (C=O) groups is 2. The van der Waals surface area contributed by atoms with Crippen LogP contribution in [0, 0.1) is 5.92 Å². The van der Waals surface area contributed by atoms with E-state index in [1.54, 1.807) is 6.07 Å². The van der Waals surface area contributed by atoms with Crippen molar-refractivity contribution in [3.05, 3.63) is 40.6 Å². The number of hydrogen-bond donors (Lipinski definition) is 3. The zero-order valence-electron chi connectivity index (χ0n) is 17.9. The molecule has 8 nitrogen and oxygen atoms in total. The molecule has 3 aromatic rings. The van der Waals surface area contributed by atoms with Crippen LogP contribution in [0.3, 0.4) is 0 Å². The molecule has 0 spiro atoms. The van der Waals surface area contributed by atoms with E-state index in [2.05, 4.69) is 20.3 Å². The Bertz CT molecular complexity index is 1310. The average molecular weight is 458 g/mol. The Labute approximate surface area is 186 Å². The van der Waals surface area contributed by atoms with E-state index in [0.717, 1.165) is 18.9 Å². The van der Waals surface area contributed by atoms with Gasteiger partial charge < -0.3 is 20.9 Å². The molecule has 0 unspecified atom stereocenters. The number of carbonyl (C=O) groups excluding carboxylic acids is 2. The third kappa shape index (κ3) is 3.38. The van der Waals surface area contributed by atoms with E-state index < -0.39 is 23.6 Å². The molecule has 172 valence electrons. The second-order valence-corrected chi connectivity index (χ2v) is 8.51. The molecule has 2 aromatic heterocycles. The van der Waals surface area contributed by atoms with E-state index in [-0.39, 0.29) is 52.0 Å². The molecule has 11 heteroatoms. The molecule has 33 heavy (non-hydrogen) atoms. The molecule has 4 N–H and O–H groups in total. The van der Waals surface area contributed by atoms with Crippen molar-refractivity contribution >= 4 is 28.8 Å². The van der Waals surface area contributed by atoms with E-state index >= 15 is 0 Å². The molecular weight excluding hydrogens is 437 g/mol.